The van der Waals surface area contributed by atoms with E-state index in [9.17, 15) is 45.6 Å². The van der Waals surface area contributed by atoms with E-state index in [0.29, 0.717) is 12.8 Å². The van der Waals surface area contributed by atoms with E-state index in [0.717, 1.165) is 83.5 Å². The van der Waals surface area contributed by atoms with Gasteiger partial charge in [0.1, 0.15) is 48.8 Å². The van der Waals surface area contributed by atoms with Gasteiger partial charge in [0.25, 0.3) is 0 Å². The highest BCUT2D eigenvalue weighted by atomic mass is 16.7. The minimum atomic E-state index is -1.80. The van der Waals surface area contributed by atoms with Gasteiger partial charge in [0.15, 0.2) is 12.6 Å². The average molecular weight is 1320 g/mol. The van der Waals surface area contributed by atoms with Gasteiger partial charge in [0, 0.05) is 6.42 Å². The summed E-state index contributed by atoms with van der Waals surface area (Å²) in [5.41, 5.74) is 0. The fourth-order valence-corrected chi connectivity index (χ4v) is 11.9. The van der Waals surface area contributed by atoms with E-state index in [4.69, 9.17) is 18.9 Å². The van der Waals surface area contributed by atoms with Gasteiger partial charge >= 0.3 is 0 Å². The molecule has 0 aromatic rings. The SMILES string of the molecule is CC/C=C\C/C=C\C/C=C\C/C=C\C/C=C\C/C=C\CCCCCCCCCCCCCCCCCCCCC(=O)NC(COC1OC(CO)C(OC2OC(CO)C(O)C(O)C2O)C(O)C1O)C(O)/C=C/CC/C=C/CC/C=C/CCCCCCCCCCCCCCC. The van der Waals surface area contributed by atoms with Crippen molar-refractivity contribution in [3.05, 3.63) is 109 Å². The van der Waals surface area contributed by atoms with Crippen LogP contribution >= 0.6 is 0 Å². The van der Waals surface area contributed by atoms with Crippen LogP contribution in [0.5, 0.6) is 0 Å². The normalized spacial score (nSPS) is 23.1. The molecule has 542 valence electrons. The number of ether oxygens (including phenoxy) is 4. The Morgan fingerprint density at radius 1 is 0.394 bits per heavy atom. The molecule has 14 heteroatoms. The number of hydrogen-bond acceptors (Lipinski definition) is 13. The summed E-state index contributed by atoms with van der Waals surface area (Å²) in [6.07, 6.45) is 74.4. The largest absolute Gasteiger partial charge is 0.394 e. The van der Waals surface area contributed by atoms with Crippen LogP contribution in [0.3, 0.4) is 0 Å². The van der Waals surface area contributed by atoms with Gasteiger partial charge in [-0.1, -0.05) is 303 Å². The monoisotopic (exact) mass is 1320 g/mol. The molecule has 14 nitrogen and oxygen atoms in total. The molecule has 9 N–H and O–H groups in total. The molecule has 0 radical (unpaired) electrons. The van der Waals surface area contributed by atoms with Gasteiger partial charge in [-0.3, -0.25) is 4.79 Å². The summed E-state index contributed by atoms with van der Waals surface area (Å²) in [5.74, 6) is -0.253. The summed E-state index contributed by atoms with van der Waals surface area (Å²) < 4.78 is 22.9. The molecular weight excluding hydrogens is 1180 g/mol. The van der Waals surface area contributed by atoms with Crippen LogP contribution < -0.4 is 5.32 Å². The van der Waals surface area contributed by atoms with Gasteiger partial charge < -0.3 is 65.1 Å². The number of amides is 1. The molecule has 12 atom stereocenters. The van der Waals surface area contributed by atoms with Crippen LogP contribution in [0.4, 0.5) is 0 Å². The number of aliphatic hydroxyl groups excluding tert-OH is 8. The molecule has 2 aliphatic rings. The number of hydrogen-bond donors (Lipinski definition) is 9. The van der Waals surface area contributed by atoms with E-state index in [1.165, 1.54) is 180 Å². The molecule has 0 bridgehead atoms. The lowest BCUT2D eigenvalue weighted by Gasteiger charge is -2.46. The summed E-state index contributed by atoms with van der Waals surface area (Å²) >= 11 is 0. The van der Waals surface area contributed by atoms with Crippen molar-refractivity contribution in [3.63, 3.8) is 0 Å². The predicted octanol–water partition coefficient (Wildman–Crippen LogP) is 16.7. The average Bonchev–Trinajstić information content (AvgIpc) is 0.794. The Balaban J connectivity index is 1.63. The summed E-state index contributed by atoms with van der Waals surface area (Å²) in [6.45, 7) is 2.69. The molecule has 0 aromatic carbocycles. The lowest BCUT2D eigenvalue weighted by atomic mass is 9.97. The van der Waals surface area contributed by atoms with Gasteiger partial charge in [0.05, 0.1) is 32.0 Å². The number of carbonyl (C=O) groups is 1. The maximum absolute atomic E-state index is 13.4. The third-order valence-electron chi connectivity index (χ3n) is 17.9. The van der Waals surface area contributed by atoms with Crippen molar-refractivity contribution >= 4 is 5.91 Å². The highest BCUT2D eigenvalue weighted by Gasteiger charge is 2.51. The fourth-order valence-electron chi connectivity index (χ4n) is 11.9. The Bertz CT molecular complexity index is 2000. The first-order valence-corrected chi connectivity index (χ1v) is 38.1. The van der Waals surface area contributed by atoms with Crippen LogP contribution in [0.2, 0.25) is 0 Å². The molecule has 0 saturated carbocycles. The number of nitrogens with one attached hydrogen (secondary N) is 1. The number of allylic oxidation sites excluding steroid dienone is 17. The van der Waals surface area contributed by atoms with Crippen molar-refractivity contribution < 1.29 is 64.6 Å². The van der Waals surface area contributed by atoms with Crippen molar-refractivity contribution in [2.45, 2.75) is 370 Å². The summed E-state index contributed by atoms with van der Waals surface area (Å²) in [5, 5.41) is 87.5. The molecule has 94 heavy (non-hydrogen) atoms. The number of aliphatic hydroxyl groups is 8. The lowest BCUT2D eigenvalue weighted by molar-refractivity contribution is -0.359. The predicted molar refractivity (Wildman–Crippen MR) is 387 cm³/mol. The van der Waals surface area contributed by atoms with Crippen LogP contribution in [0.25, 0.3) is 0 Å². The summed E-state index contributed by atoms with van der Waals surface area (Å²) in [6, 6.07) is -0.944. The Kier molecular flexibility index (Phi) is 58.2. The quantitative estimate of drug-likeness (QED) is 0.0204. The van der Waals surface area contributed by atoms with Gasteiger partial charge in [-0.15, -0.1) is 0 Å². The van der Waals surface area contributed by atoms with Crippen LogP contribution in [0.1, 0.15) is 296 Å². The van der Waals surface area contributed by atoms with E-state index in [1.807, 2.05) is 6.08 Å². The minimum Gasteiger partial charge on any atom is -0.394 e. The Morgan fingerprint density at radius 3 is 1.17 bits per heavy atom. The zero-order valence-electron chi connectivity index (χ0n) is 59.2. The fraction of sp³-hybridized carbons (Fsp3) is 0.762. The standard InChI is InChI=1S/C80H139NO13/c1-3-5-7-9-11-13-15-17-19-21-23-25-27-28-29-30-31-32-33-34-35-36-37-38-39-40-42-44-46-48-50-52-54-56-58-60-62-64-72(85)81-68(67-91-79-77(90)75(88)78(71(66-83)93-79)94-80-76(89)74(87)73(86)70(65-82)92-80)69(84)63-61-59-57-55-53-51-49-47-45-43-41-26-24-22-20-18-16-14-12-10-8-6-4-2/h5,7,11,13,17,19,23,25,28-29,31-32,45,47,53,55,61,63,68-71,73-80,82-84,86-90H,3-4,6,8-10,12,14-16,18,20-22,24,26-27,30,33-44,46,48-52,54,56-60,62,64-67H2,1-2H3,(H,81,85)/b7-5-,13-11-,19-17-,25-23-,29-28-,32-31-,47-45+,55-53+,63-61+. The lowest BCUT2D eigenvalue weighted by Crippen LogP contribution is -2.65. The summed E-state index contributed by atoms with van der Waals surface area (Å²) in [7, 11) is 0. The molecule has 2 rings (SSSR count). The Hall–Kier alpha value is -3.35. The van der Waals surface area contributed by atoms with Crippen molar-refractivity contribution in [3.8, 4) is 0 Å². The molecule has 2 saturated heterocycles. The highest BCUT2D eigenvalue weighted by Crippen LogP contribution is 2.30. The first-order valence-electron chi connectivity index (χ1n) is 38.1. The Labute approximate surface area is 572 Å². The van der Waals surface area contributed by atoms with Crippen molar-refractivity contribution in [1.82, 2.24) is 5.32 Å². The molecule has 0 aromatic heterocycles. The van der Waals surface area contributed by atoms with Gasteiger partial charge in [-0.25, -0.2) is 0 Å². The molecule has 2 fully saturated rings. The van der Waals surface area contributed by atoms with Gasteiger partial charge in [-0.05, 0) is 96.3 Å². The number of unbranched alkanes of at least 4 members (excludes halogenated alkanes) is 33. The molecular formula is C80H139NO13. The third kappa shape index (κ3) is 46.0. The van der Waals surface area contributed by atoms with Crippen molar-refractivity contribution in [1.29, 1.82) is 0 Å². The maximum Gasteiger partial charge on any atom is 0.220 e. The molecule has 12 unspecified atom stereocenters. The zero-order valence-corrected chi connectivity index (χ0v) is 59.2. The number of rotatable bonds is 62. The first kappa shape index (κ1) is 86.7. The second-order valence-electron chi connectivity index (χ2n) is 26.4. The zero-order chi connectivity index (χ0) is 68.0. The smallest absolute Gasteiger partial charge is 0.220 e. The molecule has 0 aliphatic carbocycles. The van der Waals surface area contributed by atoms with E-state index < -0.39 is 86.8 Å². The van der Waals surface area contributed by atoms with E-state index in [1.54, 1.807) is 6.08 Å². The van der Waals surface area contributed by atoms with E-state index in [2.05, 4.69) is 116 Å². The topological polar surface area (TPSA) is 228 Å². The molecule has 1 amide bonds. The van der Waals surface area contributed by atoms with Crippen LogP contribution in [-0.4, -0.2) is 140 Å². The Morgan fingerprint density at radius 2 is 0.745 bits per heavy atom. The maximum atomic E-state index is 13.4. The van der Waals surface area contributed by atoms with E-state index >= 15 is 0 Å². The summed E-state index contributed by atoms with van der Waals surface area (Å²) in [4.78, 5) is 13.4. The molecule has 2 heterocycles. The van der Waals surface area contributed by atoms with Crippen molar-refractivity contribution in [2.24, 2.45) is 0 Å². The molecule has 2 aliphatic heterocycles. The van der Waals surface area contributed by atoms with Crippen LogP contribution in [0, 0.1) is 0 Å². The first-order chi connectivity index (χ1) is 46.1. The van der Waals surface area contributed by atoms with Gasteiger partial charge in [0.2, 0.25) is 5.91 Å². The number of carbonyl (C=O) groups excluding carboxylic acids is 1. The second kappa shape index (κ2) is 63.1. The molecule has 0 spiro atoms. The van der Waals surface area contributed by atoms with Crippen molar-refractivity contribution in [2.75, 3.05) is 19.8 Å². The third-order valence-corrected chi connectivity index (χ3v) is 17.9. The minimum absolute atomic E-state index is 0.253. The van der Waals surface area contributed by atoms with Crippen LogP contribution in [0.15, 0.2) is 109 Å². The second-order valence-corrected chi connectivity index (χ2v) is 26.4. The van der Waals surface area contributed by atoms with Crippen LogP contribution in [-0.2, 0) is 23.7 Å². The van der Waals surface area contributed by atoms with Gasteiger partial charge in [-0.2, -0.15) is 0 Å². The highest BCUT2D eigenvalue weighted by molar-refractivity contribution is 5.76. The van der Waals surface area contributed by atoms with E-state index in [-0.39, 0.29) is 18.9 Å².